The van der Waals surface area contributed by atoms with Gasteiger partial charge in [0.1, 0.15) is 6.04 Å². The molecule has 8 heteroatoms. The maximum atomic E-state index is 12.0. The first kappa shape index (κ1) is 16.4. The lowest BCUT2D eigenvalue weighted by Crippen LogP contribution is -2.39. The van der Waals surface area contributed by atoms with Crippen molar-refractivity contribution in [2.45, 2.75) is 19.9 Å². The van der Waals surface area contributed by atoms with Gasteiger partial charge in [-0.25, -0.2) is 4.79 Å². The third-order valence-electron chi connectivity index (χ3n) is 2.62. The molecule has 1 N–H and O–H groups in total. The predicted molar refractivity (Wildman–Crippen MR) is 73.2 cm³/mol. The van der Waals surface area contributed by atoms with Gasteiger partial charge in [-0.3, -0.25) is 14.9 Å². The summed E-state index contributed by atoms with van der Waals surface area (Å²) in [6.45, 7) is 3.37. The number of amides is 1. The summed E-state index contributed by atoms with van der Waals surface area (Å²) in [6, 6.07) is 2.91. The van der Waals surface area contributed by atoms with Crippen LogP contribution < -0.4 is 10.1 Å². The maximum absolute atomic E-state index is 12.0. The van der Waals surface area contributed by atoms with E-state index in [-0.39, 0.29) is 23.6 Å². The molecular formula is C13H16N2O6. The van der Waals surface area contributed by atoms with Crippen molar-refractivity contribution in [3.63, 3.8) is 0 Å². The van der Waals surface area contributed by atoms with E-state index in [0.29, 0.717) is 0 Å². The summed E-state index contributed by atoms with van der Waals surface area (Å²) in [5.74, 6) is -1.14. The second kappa shape index (κ2) is 7.22. The van der Waals surface area contributed by atoms with E-state index < -0.39 is 22.8 Å². The minimum Gasteiger partial charge on any atom is -0.487 e. The van der Waals surface area contributed by atoms with E-state index in [1.165, 1.54) is 32.2 Å². The van der Waals surface area contributed by atoms with Gasteiger partial charge in [0.15, 0.2) is 5.75 Å². The van der Waals surface area contributed by atoms with Gasteiger partial charge in [0.2, 0.25) is 0 Å². The fraction of sp³-hybridized carbons (Fsp3) is 0.385. The van der Waals surface area contributed by atoms with E-state index in [0.717, 1.165) is 0 Å². The zero-order valence-corrected chi connectivity index (χ0v) is 11.9. The van der Waals surface area contributed by atoms with E-state index in [2.05, 4.69) is 10.1 Å². The summed E-state index contributed by atoms with van der Waals surface area (Å²) < 4.78 is 9.64. The number of benzene rings is 1. The number of ether oxygens (including phenoxy) is 2. The quantitative estimate of drug-likeness (QED) is 0.481. The van der Waals surface area contributed by atoms with Crippen molar-refractivity contribution < 1.29 is 24.0 Å². The highest BCUT2D eigenvalue weighted by molar-refractivity contribution is 5.97. The molecule has 114 valence electrons. The van der Waals surface area contributed by atoms with Gasteiger partial charge in [-0.15, -0.1) is 0 Å². The van der Waals surface area contributed by atoms with Crippen LogP contribution in [0, 0.1) is 10.1 Å². The lowest BCUT2D eigenvalue weighted by molar-refractivity contribution is -0.385. The van der Waals surface area contributed by atoms with Crippen molar-refractivity contribution in [3.8, 4) is 5.75 Å². The molecule has 1 aromatic carbocycles. The molecule has 1 amide bonds. The molecule has 8 nitrogen and oxygen atoms in total. The molecule has 0 aliphatic heterocycles. The average molecular weight is 296 g/mol. The number of carbonyl (C=O) groups excluding carboxylic acids is 2. The highest BCUT2D eigenvalue weighted by Crippen LogP contribution is 2.27. The minimum absolute atomic E-state index is 0.000807. The number of hydrogen-bond donors (Lipinski definition) is 1. The maximum Gasteiger partial charge on any atom is 0.328 e. The Labute approximate surface area is 121 Å². The summed E-state index contributed by atoms with van der Waals surface area (Å²) in [7, 11) is 1.21. The first-order valence-electron chi connectivity index (χ1n) is 6.20. The molecule has 0 unspecified atom stereocenters. The Hall–Kier alpha value is -2.64. The Balaban J connectivity index is 2.98. The van der Waals surface area contributed by atoms with Crippen molar-refractivity contribution in [1.82, 2.24) is 5.32 Å². The Bertz CT molecular complexity index is 558. The monoisotopic (exact) mass is 296 g/mol. The molecule has 0 fully saturated rings. The average Bonchev–Trinajstić information content (AvgIpc) is 2.46. The number of nitrogens with one attached hydrogen (secondary N) is 1. The van der Waals surface area contributed by atoms with Crippen molar-refractivity contribution >= 4 is 17.6 Å². The summed E-state index contributed by atoms with van der Waals surface area (Å²) in [4.78, 5) is 33.5. The second-order valence-electron chi connectivity index (χ2n) is 4.09. The van der Waals surface area contributed by atoms with Gasteiger partial charge in [-0.2, -0.15) is 0 Å². The summed E-state index contributed by atoms with van der Waals surface area (Å²) >= 11 is 0. The Morgan fingerprint density at radius 2 is 2.10 bits per heavy atom. The van der Waals surface area contributed by atoms with Crippen LogP contribution in [0.15, 0.2) is 18.2 Å². The van der Waals surface area contributed by atoms with Gasteiger partial charge < -0.3 is 14.8 Å². The number of hydrogen-bond acceptors (Lipinski definition) is 6. The molecule has 1 atom stereocenters. The molecule has 1 aromatic rings. The van der Waals surface area contributed by atoms with Crippen LogP contribution in [0.2, 0.25) is 0 Å². The van der Waals surface area contributed by atoms with E-state index in [4.69, 9.17) is 4.74 Å². The van der Waals surface area contributed by atoms with Gasteiger partial charge in [-0.05, 0) is 19.9 Å². The Morgan fingerprint density at radius 3 is 2.62 bits per heavy atom. The van der Waals surface area contributed by atoms with Crippen LogP contribution in [0.4, 0.5) is 5.69 Å². The Morgan fingerprint density at radius 1 is 1.43 bits per heavy atom. The number of nitro benzene ring substituents is 1. The highest BCUT2D eigenvalue weighted by Gasteiger charge is 2.20. The zero-order valence-electron chi connectivity index (χ0n) is 11.9. The topological polar surface area (TPSA) is 108 Å². The SMILES string of the molecule is CCOc1cc(C(=O)N[C@@H](C)C(=O)OC)ccc1[N+](=O)[O-]. The molecule has 0 aromatic heterocycles. The van der Waals surface area contributed by atoms with E-state index in [1.54, 1.807) is 6.92 Å². The van der Waals surface area contributed by atoms with Crippen LogP contribution in [0.5, 0.6) is 5.75 Å². The van der Waals surface area contributed by atoms with Crippen LogP contribution in [0.25, 0.3) is 0 Å². The fourth-order valence-electron chi connectivity index (χ4n) is 1.59. The molecule has 1 rings (SSSR count). The highest BCUT2D eigenvalue weighted by atomic mass is 16.6. The number of nitro groups is 1. The van der Waals surface area contributed by atoms with Crippen LogP contribution in [0.1, 0.15) is 24.2 Å². The van der Waals surface area contributed by atoms with Crippen molar-refractivity contribution in [1.29, 1.82) is 0 Å². The number of rotatable bonds is 6. The molecule has 0 saturated heterocycles. The van der Waals surface area contributed by atoms with E-state index in [1.807, 2.05) is 0 Å². The normalized spacial score (nSPS) is 11.4. The molecule has 0 bridgehead atoms. The molecule has 0 radical (unpaired) electrons. The molecule has 0 spiro atoms. The predicted octanol–water partition coefficient (Wildman–Crippen LogP) is 1.28. The zero-order chi connectivity index (χ0) is 16.0. The molecule has 0 aliphatic rings. The lowest BCUT2D eigenvalue weighted by Gasteiger charge is -2.12. The molecule has 0 heterocycles. The summed E-state index contributed by atoms with van der Waals surface area (Å²) in [5.41, 5.74) is -0.0748. The van der Waals surface area contributed by atoms with Gasteiger partial charge >= 0.3 is 11.7 Å². The Kier molecular flexibility index (Phi) is 5.65. The van der Waals surface area contributed by atoms with Crippen LogP contribution in [-0.4, -0.2) is 36.6 Å². The summed E-state index contributed by atoms with van der Waals surface area (Å²) in [5, 5.41) is 13.3. The van der Waals surface area contributed by atoms with Crippen LogP contribution in [-0.2, 0) is 9.53 Å². The smallest absolute Gasteiger partial charge is 0.328 e. The number of esters is 1. The molecule has 0 saturated carbocycles. The second-order valence-corrected chi connectivity index (χ2v) is 4.09. The van der Waals surface area contributed by atoms with Crippen LogP contribution >= 0.6 is 0 Å². The first-order chi connectivity index (χ1) is 9.90. The minimum atomic E-state index is -0.826. The van der Waals surface area contributed by atoms with Crippen LogP contribution in [0.3, 0.4) is 0 Å². The van der Waals surface area contributed by atoms with E-state index in [9.17, 15) is 19.7 Å². The van der Waals surface area contributed by atoms with Crippen molar-refractivity contribution in [2.24, 2.45) is 0 Å². The lowest BCUT2D eigenvalue weighted by atomic mass is 10.1. The summed E-state index contributed by atoms with van der Waals surface area (Å²) in [6.07, 6.45) is 0. The van der Waals surface area contributed by atoms with Gasteiger partial charge in [0.05, 0.1) is 18.6 Å². The van der Waals surface area contributed by atoms with E-state index >= 15 is 0 Å². The van der Waals surface area contributed by atoms with Crippen molar-refractivity contribution in [2.75, 3.05) is 13.7 Å². The van der Waals surface area contributed by atoms with Gasteiger partial charge in [-0.1, -0.05) is 0 Å². The third kappa shape index (κ3) is 4.16. The third-order valence-corrected chi connectivity index (χ3v) is 2.62. The fourth-order valence-corrected chi connectivity index (χ4v) is 1.59. The number of carbonyl (C=O) groups is 2. The van der Waals surface area contributed by atoms with Crippen molar-refractivity contribution in [3.05, 3.63) is 33.9 Å². The largest absolute Gasteiger partial charge is 0.487 e. The number of methoxy groups -OCH3 is 1. The first-order valence-corrected chi connectivity index (χ1v) is 6.20. The molecule has 21 heavy (non-hydrogen) atoms. The standard InChI is InChI=1S/C13H16N2O6/c1-4-21-11-7-9(5-6-10(11)15(18)19)12(16)14-8(2)13(17)20-3/h5-8H,4H2,1-3H3,(H,14,16)/t8-/m0/s1. The number of nitrogens with zero attached hydrogens (tertiary/aromatic N) is 1. The van der Waals surface area contributed by atoms with Gasteiger partial charge in [0, 0.05) is 17.7 Å². The molecular weight excluding hydrogens is 280 g/mol. The molecule has 0 aliphatic carbocycles. The van der Waals surface area contributed by atoms with Gasteiger partial charge in [0.25, 0.3) is 5.91 Å².